The molecule has 0 saturated carbocycles. The van der Waals surface area contributed by atoms with Crippen molar-refractivity contribution in [2.24, 2.45) is 17.6 Å². The number of allylic oxidation sites excluding steroid dienone is 1. The molecule has 0 unspecified atom stereocenters. The molecule has 1 aromatic rings. The molecule has 3 aliphatic rings. The van der Waals surface area contributed by atoms with Crippen molar-refractivity contribution >= 4 is 17.5 Å². The second-order valence-corrected chi connectivity index (χ2v) is 10.6. The Bertz CT molecular complexity index is 1230. The number of hydrogen-bond donors (Lipinski definition) is 6. The molecule has 4 rings (SSSR count). The smallest absolute Gasteiger partial charge is 0.255 e. The molecule has 3 aliphatic carbocycles. The molecular weight excluding hydrogens is 442 g/mol. The van der Waals surface area contributed by atoms with Crippen LogP contribution in [0.3, 0.4) is 0 Å². The summed E-state index contributed by atoms with van der Waals surface area (Å²) in [6, 6.07) is 1.79. The average molecular weight is 472 g/mol. The number of carbonyl (C=O) groups excluding carboxylic acids is 3. The highest BCUT2D eigenvalue weighted by Crippen LogP contribution is 2.56. The van der Waals surface area contributed by atoms with E-state index in [-0.39, 0.29) is 11.3 Å². The number of aliphatic hydroxyl groups excluding tert-OH is 3. The predicted molar refractivity (Wildman–Crippen MR) is 120 cm³/mol. The van der Waals surface area contributed by atoms with E-state index in [0.717, 1.165) is 0 Å². The zero-order valence-corrected chi connectivity index (χ0v) is 19.6. The molecule has 7 N–H and O–H groups in total. The highest BCUT2D eigenvalue weighted by Gasteiger charge is 2.64. The molecule has 0 spiro atoms. The number of aliphatic hydroxyl groups is 4. The van der Waals surface area contributed by atoms with E-state index in [1.54, 1.807) is 19.9 Å². The first-order valence-corrected chi connectivity index (χ1v) is 11.1. The van der Waals surface area contributed by atoms with Crippen LogP contribution in [0, 0.1) is 18.8 Å². The molecule has 0 radical (unpaired) electrons. The molecule has 0 aromatic heterocycles. The summed E-state index contributed by atoms with van der Waals surface area (Å²) in [5.74, 6) is -8.50. The molecular formula is C25H29NO8. The molecule has 1 aromatic carbocycles. The van der Waals surface area contributed by atoms with Crippen LogP contribution in [0.5, 0.6) is 5.75 Å². The minimum atomic E-state index is -2.83. The van der Waals surface area contributed by atoms with Crippen LogP contribution >= 0.6 is 0 Å². The molecule has 34 heavy (non-hydrogen) atoms. The van der Waals surface area contributed by atoms with Gasteiger partial charge >= 0.3 is 0 Å². The molecule has 0 fully saturated rings. The van der Waals surface area contributed by atoms with Crippen LogP contribution < -0.4 is 5.73 Å². The van der Waals surface area contributed by atoms with E-state index in [9.17, 15) is 39.9 Å². The van der Waals surface area contributed by atoms with Gasteiger partial charge in [-0.2, -0.15) is 0 Å². The van der Waals surface area contributed by atoms with Gasteiger partial charge in [0.25, 0.3) is 5.91 Å². The van der Waals surface area contributed by atoms with E-state index >= 15 is 0 Å². The second-order valence-electron chi connectivity index (χ2n) is 10.6. The number of phenols is 1. The van der Waals surface area contributed by atoms with Crippen molar-refractivity contribution in [2.75, 3.05) is 0 Å². The zero-order chi connectivity index (χ0) is 25.7. The third-order valence-electron chi connectivity index (χ3n) is 7.61. The molecule has 5 atom stereocenters. The Kier molecular flexibility index (Phi) is 5.05. The number of ketones is 2. The van der Waals surface area contributed by atoms with E-state index in [2.05, 4.69) is 0 Å². The zero-order valence-electron chi connectivity index (χ0n) is 19.6. The number of hydrogen-bond acceptors (Lipinski definition) is 8. The van der Waals surface area contributed by atoms with Gasteiger partial charge in [-0.25, -0.2) is 0 Å². The van der Waals surface area contributed by atoms with Gasteiger partial charge < -0.3 is 31.3 Å². The lowest BCUT2D eigenvalue weighted by Crippen LogP contribution is -2.62. The van der Waals surface area contributed by atoms with Crippen molar-refractivity contribution < 1.29 is 39.9 Å². The Morgan fingerprint density at radius 3 is 2.29 bits per heavy atom. The van der Waals surface area contributed by atoms with Crippen molar-refractivity contribution in [3.63, 3.8) is 0 Å². The summed E-state index contributed by atoms with van der Waals surface area (Å²) in [6.07, 6.45) is -2.04. The lowest BCUT2D eigenvalue weighted by atomic mass is 9.56. The Hall–Kier alpha value is -3.17. The summed E-state index contributed by atoms with van der Waals surface area (Å²) < 4.78 is 0. The summed E-state index contributed by atoms with van der Waals surface area (Å²) in [7, 11) is 0. The van der Waals surface area contributed by atoms with Gasteiger partial charge in [0.15, 0.2) is 11.4 Å². The fourth-order valence-corrected chi connectivity index (χ4v) is 5.97. The number of aryl methyl sites for hydroxylation is 1. The third-order valence-corrected chi connectivity index (χ3v) is 7.61. The maximum atomic E-state index is 13.7. The first kappa shape index (κ1) is 24.0. The van der Waals surface area contributed by atoms with Crippen LogP contribution in [0.2, 0.25) is 0 Å². The lowest BCUT2D eigenvalue weighted by Gasteiger charge is -2.50. The van der Waals surface area contributed by atoms with Crippen LogP contribution in [-0.4, -0.2) is 54.7 Å². The SMILES string of the molecule is Cc1cc(C(C)(C)C)c(O)c2c1[C@H](C)[C@@H]1C(=C(O)[C@]3(O)C(=O)C(C(N)=O)=C(O)C[C@@H]3[C@H]1O)C2=O. The minimum Gasteiger partial charge on any atom is -0.511 e. The number of amides is 1. The summed E-state index contributed by atoms with van der Waals surface area (Å²) in [6.45, 7) is 9.11. The topological polar surface area (TPSA) is 178 Å². The highest BCUT2D eigenvalue weighted by atomic mass is 16.4. The van der Waals surface area contributed by atoms with Gasteiger partial charge in [-0.3, -0.25) is 14.4 Å². The van der Waals surface area contributed by atoms with Crippen LogP contribution in [0.1, 0.15) is 67.1 Å². The van der Waals surface area contributed by atoms with E-state index in [0.29, 0.717) is 16.7 Å². The second kappa shape index (κ2) is 7.16. The van der Waals surface area contributed by atoms with Crippen molar-refractivity contribution in [3.05, 3.63) is 51.0 Å². The normalized spacial score (nSPS) is 31.3. The molecule has 0 aliphatic heterocycles. The van der Waals surface area contributed by atoms with Gasteiger partial charge in [0.05, 0.1) is 11.7 Å². The van der Waals surface area contributed by atoms with Gasteiger partial charge in [-0.15, -0.1) is 0 Å². The summed E-state index contributed by atoms with van der Waals surface area (Å²) in [5.41, 5.74) is 2.23. The van der Waals surface area contributed by atoms with E-state index in [1.807, 2.05) is 20.8 Å². The van der Waals surface area contributed by atoms with Crippen molar-refractivity contribution in [3.8, 4) is 5.75 Å². The number of phenolic OH excluding ortho intramolecular Hbond substituents is 1. The highest BCUT2D eigenvalue weighted by molar-refractivity contribution is 6.24. The quantitative estimate of drug-likeness (QED) is 0.335. The van der Waals surface area contributed by atoms with E-state index < -0.39 is 81.4 Å². The van der Waals surface area contributed by atoms with Crippen molar-refractivity contribution in [1.29, 1.82) is 0 Å². The van der Waals surface area contributed by atoms with Gasteiger partial charge in [0.2, 0.25) is 5.78 Å². The van der Waals surface area contributed by atoms with Crippen LogP contribution in [0.4, 0.5) is 0 Å². The van der Waals surface area contributed by atoms with Crippen molar-refractivity contribution in [2.45, 2.75) is 64.1 Å². The monoisotopic (exact) mass is 471 g/mol. The van der Waals surface area contributed by atoms with Gasteiger partial charge in [-0.1, -0.05) is 33.8 Å². The number of benzene rings is 1. The Morgan fingerprint density at radius 1 is 1.18 bits per heavy atom. The van der Waals surface area contributed by atoms with Crippen LogP contribution in [-0.2, 0) is 15.0 Å². The van der Waals surface area contributed by atoms with E-state index in [4.69, 9.17) is 5.73 Å². The van der Waals surface area contributed by atoms with Crippen LogP contribution in [0.15, 0.2) is 28.7 Å². The first-order chi connectivity index (χ1) is 15.6. The minimum absolute atomic E-state index is 0.0544. The summed E-state index contributed by atoms with van der Waals surface area (Å²) >= 11 is 0. The molecule has 0 heterocycles. The average Bonchev–Trinajstić information content (AvgIpc) is 2.71. The molecule has 182 valence electrons. The molecule has 9 nitrogen and oxygen atoms in total. The molecule has 1 amide bonds. The molecule has 0 saturated heterocycles. The van der Waals surface area contributed by atoms with Gasteiger partial charge in [0, 0.05) is 29.4 Å². The lowest BCUT2D eigenvalue weighted by molar-refractivity contribution is -0.154. The maximum Gasteiger partial charge on any atom is 0.255 e. The third kappa shape index (κ3) is 2.83. The Morgan fingerprint density at radius 2 is 1.76 bits per heavy atom. The fourth-order valence-electron chi connectivity index (χ4n) is 5.97. The number of carbonyl (C=O) groups is 3. The number of Topliss-reactive ketones (excluding diaryl/α,β-unsaturated/α-hetero) is 2. The molecule has 9 heteroatoms. The van der Waals surface area contributed by atoms with Crippen molar-refractivity contribution in [1.82, 2.24) is 0 Å². The standard InChI is InChI=1S/C25H29NO8/c1-8-6-10(24(3,4)5)18(28)16-13(8)9(2)14-17(20(16)30)22(32)25(34)11(19(14)29)7-12(27)15(21(25)31)23(26)33/h6,9,11,14,19,27-29,32,34H,7H2,1-5H3,(H2,26,33)/t9-,11+,14+,19+,25+/m0/s1. The fraction of sp³-hybridized carbons (Fsp3) is 0.480. The number of aromatic hydroxyl groups is 1. The first-order valence-electron chi connectivity index (χ1n) is 11.1. The summed E-state index contributed by atoms with van der Waals surface area (Å²) in [4.78, 5) is 38.6. The number of fused-ring (bicyclic) bond motifs is 3. The predicted octanol–water partition coefficient (Wildman–Crippen LogP) is 1.72. The number of nitrogens with two attached hydrogens (primary N) is 1. The number of primary amides is 1. The largest absolute Gasteiger partial charge is 0.511 e. The van der Waals surface area contributed by atoms with Gasteiger partial charge in [-0.05, 0) is 29.4 Å². The Balaban J connectivity index is 2.03. The van der Waals surface area contributed by atoms with Crippen LogP contribution in [0.25, 0.3) is 0 Å². The van der Waals surface area contributed by atoms with E-state index in [1.165, 1.54) is 0 Å². The molecule has 0 bridgehead atoms. The maximum absolute atomic E-state index is 13.7. The summed E-state index contributed by atoms with van der Waals surface area (Å²) in [5, 5.41) is 55.2. The number of rotatable bonds is 1. The van der Waals surface area contributed by atoms with Gasteiger partial charge in [0.1, 0.15) is 22.8 Å². The Labute approximate surface area is 196 Å².